The van der Waals surface area contributed by atoms with Gasteiger partial charge in [-0.25, -0.2) is 4.98 Å². The molecule has 0 bridgehead atoms. The van der Waals surface area contributed by atoms with E-state index in [-0.39, 0.29) is 5.91 Å². The Bertz CT molecular complexity index is 1280. The van der Waals surface area contributed by atoms with Gasteiger partial charge in [-0.05, 0) is 17.2 Å². The number of amides is 1. The van der Waals surface area contributed by atoms with E-state index in [2.05, 4.69) is 78.8 Å². The van der Waals surface area contributed by atoms with E-state index in [0.29, 0.717) is 13.0 Å². The van der Waals surface area contributed by atoms with Crippen molar-refractivity contribution in [3.05, 3.63) is 89.7 Å². The lowest BCUT2D eigenvalue weighted by atomic mass is 10.0. The van der Waals surface area contributed by atoms with E-state index in [9.17, 15) is 4.79 Å². The molecule has 0 spiro atoms. The number of fused-ring (bicyclic) bond motifs is 1. The first-order valence-corrected chi connectivity index (χ1v) is 12.2. The Morgan fingerprint density at radius 3 is 2.26 bits per heavy atom. The molecule has 4 aromatic rings. The summed E-state index contributed by atoms with van der Waals surface area (Å²) in [5.74, 6) is 1.96. The average molecular weight is 467 g/mol. The molecule has 0 atom stereocenters. The molecule has 0 radical (unpaired) electrons. The van der Waals surface area contributed by atoms with Crippen LogP contribution < -0.4 is 15.1 Å². The first-order valence-electron chi connectivity index (χ1n) is 12.2. The molecule has 1 aliphatic rings. The molecule has 3 heterocycles. The average Bonchev–Trinajstić information content (AvgIpc) is 2.93. The number of nitrogens with zero attached hydrogens (tertiary/aromatic N) is 5. The van der Waals surface area contributed by atoms with Crippen LogP contribution in [0.15, 0.2) is 72.9 Å². The van der Waals surface area contributed by atoms with Gasteiger partial charge in [0.1, 0.15) is 5.82 Å². The van der Waals surface area contributed by atoms with Crippen molar-refractivity contribution < 1.29 is 4.79 Å². The number of rotatable bonds is 7. The molecule has 2 aromatic heterocycles. The van der Waals surface area contributed by atoms with Crippen LogP contribution in [0.4, 0.5) is 11.6 Å². The minimum Gasteiger partial charge on any atom is -0.353 e. The predicted molar refractivity (Wildman–Crippen MR) is 140 cm³/mol. The molecular formula is C28H30N6O. The van der Waals surface area contributed by atoms with Gasteiger partial charge in [0.15, 0.2) is 5.82 Å². The molecule has 178 valence electrons. The van der Waals surface area contributed by atoms with Gasteiger partial charge in [0.25, 0.3) is 0 Å². The van der Waals surface area contributed by atoms with Gasteiger partial charge >= 0.3 is 0 Å². The fraction of sp³-hybridized carbons (Fsp3) is 0.286. The fourth-order valence-corrected chi connectivity index (χ4v) is 4.48. The molecule has 35 heavy (non-hydrogen) atoms. The summed E-state index contributed by atoms with van der Waals surface area (Å²) >= 11 is 0. The highest BCUT2D eigenvalue weighted by atomic mass is 16.1. The normalized spacial score (nSPS) is 13.7. The molecule has 0 aliphatic carbocycles. The Morgan fingerprint density at radius 2 is 1.54 bits per heavy atom. The number of hydrogen-bond acceptors (Lipinski definition) is 6. The molecule has 1 fully saturated rings. The summed E-state index contributed by atoms with van der Waals surface area (Å²) in [7, 11) is 0. The summed E-state index contributed by atoms with van der Waals surface area (Å²) in [6.45, 7) is 5.80. The second-order valence-electron chi connectivity index (χ2n) is 8.81. The number of aromatic nitrogens is 3. The highest BCUT2D eigenvalue weighted by molar-refractivity contribution is 5.93. The molecule has 0 saturated carbocycles. The number of piperazine rings is 1. The zero-order valence-corrected chi connectivity index (χ0v) is 20.0. The first kappa shape index (κ1) is 22.8. The largest absolute Gasteiger partial charge is 0.353 e. The number of benzene rings is 2. The summed E-state index contributed by atoms with van der Waals surface area (Å²) in [5, 5.41) is 14.5. The summed E-state index contributed by atoms with van der Waals surface area (Å²) in [5.41, 5.74) is 3.25. The third-order valence-electron chi connectivity index (χ3n) is 6.48. The van der Waals surface area contributed by atoms with Gasteiger partial charge in [0, 0.05) is 62.5 Å². The molecule has 7 nitrogen and oxygen atoms in total. The van der Waals surface area contributed by atoms with Gasteiger partial charge in [-0.15, -0.1) is 5.10 Å². The van der Waals surface area contributed by atoms with E-state index in [1.807, 2.05) is 31.3 Å². The number of nitrogens with one attached hydrogen (secondary N) is 1. The zero-order chi connectivity index (χ0) is 24.0. The lowest BCUT2D eigenvalue weighted by Gasteiger charge is -2.36. The molecule has 2 aromatic carbocycles. The second-order valence-corrected chi connectivity index (χ2v) is 8.81. The van der Waals surface area contributed by atoms with Crippen LogP contribution in [0.25, 0.3) is 10.8 Å². The highest BCUT2D eigenvalue weighted by Gasteiger charge is 2.22. The maximum Gasteiger partial charge on any atom is 0.219 e. The number of hydrogen-bond donors (Lipinski definition) is 1. The molecule has 1 amide bonds. The third kappa shape index (κ3) is 5.24. The lowest BCUT2D eigenvalue weighted by Crippen LogP contribution is -2.47. The Hall–Kier alpha value is -4.00. The van der Waals surface area contributed by atoms with E-state index in [1.165, 1.54) is 5.56 Å². The smallest absolute Gasteiger partial charge is 0.219 e. The van der Waals surface area contributed by atoms with E-state index in [0.717, 1.165) is 66.3 Å². The van der Waals surface area contributed by atoms with Gasteiger partial charge in [-0.3, -0.25) is 4.79 Å². The van der Waals surface area contributed by atoms with E-state index in [1.54, 1.807) is 0 Å². The van der Waals surface area contributed by atoms with Gasteiger partial charge in [0.05, 0.1) is 5.69 Å². The van der Waals surface area contributed by atoms with Gasteiger partial charge in [-0.1, -0.05) is 67.6 Å². The molecule has 7 heteroatoms. The second kappa shape index (κ2) is 10.5. The quantitative estimate of drug-likeness (QED) is 0.444. The van der Waals surface area contributed by atoms with Crippen LogP contribution in [-0.2, 0) is 17.8 Å². The molecule has 1 N–H and O–H groups in total. The number of carbonyl (C=O) groups is 1. The van der Waals surface area contributed by atoms with E-state index < -0.39 is 0 Å². The maximum absolute atomic E-state index is 11.5. The molecule has 5 rings (SSSR count). The molecule has 1 saturated heterocycles. The fourth-order valence-electron chi connectivity index (χ4n) is 4.48. The van der Waals surface area contributed by atoms with Crippen LogP contribution in [0, 0.1) is 0 Å². The summed E-state index contributed by atoms with van der Waals surface area (Å²) in [4.78, 5) is 20.7. The van der Waals surface area contributed by atoms with Crippen molar-refractivity contribution in [2.45, 2.75) is 26.3 Å². The summed E-state index contributed by atoms with van der Waals surface area (Å²) in [6, 6.07) is 22.9. The van der Waals surface area contributed by atoms with Crippen molar-refractivity contribution in [1.82, 2.24) is 20.5 Å². The lowest BCUT2D eigenvalue weighted by molar-refractivity contribution is -0.120. The zero-order valence-electron chi connectivity index (χ0n) is 20.0. The highest BCUT2D eigenvalue weighted by Crippen LogP contribution is 2.28. The van der Waals surface area contributed by atoms with Crippen molar-refractivity contribution in [3.8, 4) is 0 Å². The van der Waals surface area contributed by atoms with Crippen LogP contribution in [0.5, 0.6) is 0 Å². The van der Waals surface area contributed by atoms with Crippen LogP contribution in [0.1, 0.15) is 30.2 Å². The van der Waals surface area contributed by atoms with Crippen LogP contribution in [0.3, 0.4) is 0 Å². The minimum atomic E-state index is 0.0499. The number of carbonyl (C=O) groups excluding carboxylic acids is 1. The maximum atomic E-state index is 11.5. The van der Waals surface area contributed by atoms with E-state index in [4.69, 9.17) is 0 Å². The number of anilines is 2. The monoisotopic (exact) mass is 466 g/mol. The Balaban J connectivity index is 1.27. The van der Waals surface area contributed by atoms with Crippen LogP contribution in [0.2, 0.25) is 0 Å². The third-order valence-corrected chi connectivity index (χ3v) is 6.48. The van der Waals surface area contributed by atoms with Crippen molar-refractivity contribution in [1.29, 1.82) is 0 Å². The van der Waals surface area contributed by atoms with Crippen molar-refractivity contribution in [2.75, 3.05) is 36.0 Å². The van der Waals surface area contributed by atoms with E-state index >= 15 is 0 Å². The van der Waals surface area contributed by atoms with Gasteiger partial charge in [0.2, 0.25) is 5.91 Å². The summed E-state index contributed by atoms with van der Waals surface area (Å²) < 4.78 is 0. The SMILES string of the molecule is CCC(=O)NCc1ccc(N2CCN(c3nnc(Cc4ccccc4)c4ccccc34)CC2)nc1. The Kier molecular flexibility index (Phi) is 6.84. The molecule has 1 aliphatic heterocycles. The summed E-state index contributed by atoms with van der Waals surface area (Å²) in [6.07, 6.45) is 3.11. The van der Waals surface area contributed by atoms with Crippen LogP contribution in [-0.4, -0.2) is 47.3 Å². The molecule has 0 unspecified atom stereocenters. The molecular weight excluding hydrogens is 436 g/mol. The van der Waals surface area contributed by atoms with Gasteiger partial charge in [-0.2, -0.15) is 5.10 Å². The van der Waals surface area contributed by atoms with Crippen molar-refractivity contribution in [3.63, 3.8) is 0 Å². The topological polar surface area (TPSA) is 74.2 Å². The van der Waals surface area contributed by atoms with Crippen molar-refractivity contribution in [2.24, 2.45) is 0 Å². The van der Waals surface area contributed by atoms with Gasteiger partial charge < -0.3 is 15.1 Å². The minimum absolute atomic E-state index is 0.0499. The first-order chi connectivity index (χ1) is 17.2. The number of pyridine rings is 1. The van der Waals surface area contributed by atoms with Crippen molar-refractivity contribution >= 4 is 28.3 Å². The predicted octanol–water partition coefficient (Wildman–Crippen LogP) is 3.97. The van der Waals surface area contributed by atoms with Crippen LogP contribution >= 0.6 is 0 Å². The standard InChI is InChI=1S/C28H30N6O/c1-2-27(35)30-20-22-12-13-26(29-19-22)33-14-16-34(17-15-33)28-24-11-7-6-10-23(24)25(31-32-28)18-21-8-4-3-5-9-21/h3-13,19H,2,14-18,20H2,1H3,(H,30,35). The Labute approximate surface area is 205 Å². The Morgan fingerprint density at radius 1 is 0.829 bits per heavy atom.